The van der Waals surface area contributed by atoms with Gasteiger partial charge >= 0.3 is 6.03 Å². The van der Waals surface area contributed by atoms with Crippen LogP contribution in [-0.4, -0.2) is 54.5 Å². The number of carbonyl (C=O) groups excluding carboxylic acids is 2. The van der Waals surface area contributed by atoms with Crippen molar-refractivity contribution in [2.24, 2.45) is 0 Å². The predicted molar refractivity (Wildman–Crippen MR) is 92.0 cm³/mol. The third kappa shape index (κ3) is 4.72. The summed E-state index contributed by atoms with van der Waals surface area (Å²) in [6, 6.07) is 9.09. The molecule has 0 bridgehead atoms. The lowest BCUT2D eigenvalue weighted by molar-refractivity contribution is -0.120. The number of urea groups is 1. The topological polar surface area (TPSA) is 90.7 Å². The minimum Gasteiger partial charge on any atom is -0.467 e. The first-order valence-corrected chi connectivity index (χ1v) is 8.20. The summed E-state index contributed by atoms with van der Waals surface area (Å²) >= 11 is 0. The molecule has 0 unspecified atom stereocenters. The highest BCUT2D eigenvalue weighted by Crippen LogP contribution is 2.12. The summed E-state index contributed by atoms with van der Waals surface area (Å²) in [6.45, 7) is 2.88. The van der Waals surface area contributed by atoms with E-state index in [1.165, 1.54) is 0 Å². The van der Waals surface area contributed by atoms with E-state index in [0.29, 0.717) is 25.4 Å². The summed E-state index contributed by atoms with van der Waals surface area (Å²) < 4.78 is 5.13. The van der Waals surface area contributed by atoms with E-state index in [2.05, 4.69) is 20.5 Å². The van der Waals surface area contributed by atoms with Crippen molar-refractivity contribution in [3.63, 3.8) is 0 Å². The van der Waals surface area contributed by atoms with Crippen LogP contribution in [0.3, 0.4) is 0 Å². The molecule has 0 aromatic carbocycles. The Hall–Kier alpha value is -3.03. The van der Waals surface area contributed by atoms with Crippen LogP contribution >= 0.6 is 0 Å². The molecular formula is C17H21N5O3. The predicted octanol–water partition coefficient (Wildman–Crippen LogP) is 0.823. The molecule has 2 aromatic rings. The summed E-state index contributed by atoms with van der Waals surface area (Å²) in [6.07, 6.45) is 3.31. The Bertz CT molecular complexity index is 682. The van der Waals surface area contributed by atoms with Crippen molar-refractivity contribution < 1.29 is 14.0 Å². The molecule has 25 heavy (non-hydrogen) atoms. The minimum absolute atomic E-state index is 0.0556. The summed E-state index contributed by atoms with van der Waals surface area (Å²) in [5.41, 5.74) is 0. The van der Waals surface area contributed by atoms with Gasteiger partial charge in [-0.15, -0.1) is 0 Å². The van der Waals surface area contributed by atoms with Gasteiger partial charge in [-0.25, -0.2) is 9.78 Å². The molecule has 1 aliphatic rings. The zero-order valence-corrected chi connectivity index (χ0v) is 13.9. The van der Waals surface area contributed by atoms with Crippen molar-refractivity contribution in [1.82, 2.24) is 20.5 Å². The second-order valence-electron chi connectivity index (χ2n) is 5.68. The van der Waals surface area contributed by atoms with Crippen molar-refractivity contribution in [2.45, 2.75) is 6.54 Å². The molecule has 1 aliphatic heterocycles. The molecule has 0 radical (unpaired) electrons. The fourth-order valence-corrected chi connectivity index (χ4v) is 2.61. The first-order valence-electron chi connectivity index (χ1n) is 8.20. The summed E-state index contributed by atoms with van der Waals surface area (Å²) in [7, 11) is 0. The van der Waals surface area contributed by atoms with E-state index >= 15 is 0 Å². The molecule has 1 fully saturated rings. The van der Waals surface area contributed by atoms with E-state index in [4.69, 9.17) is 4.42 Å². The van der Waals surface area contributed by atoms with Gasteiger partial charge in [0.1, 0.15) is 11.6 Å². The van der Waals surface area contributed by atoms with Crippen molar-refractivity contribution >= 4 is 17.8 Å². The van der Waals surface area contributed by atoms with Gasteiger partial charge < -0.3 is 24.9 Å². The van der Waals surface area contributed by atoms with E-state index in [-0.39, 0.29) is 18.5 Å². The van der Waals surface area contributed by atoms with Gasteiger partial charge in [0.2, 0.25) is 5.91 Å². The number of rotatable bonds is 5. The molecule has 8 heteroatoms. The van der Waals surface area contributed by atoms with Crippen LogP contribution in [0, 0.1) is 0 Å². The lowest BCUT2D eigenvalue weighted by Crippen LogP contribution is -2.53. The summed E-state index contributed by atoms with van der Waals surface area (Å²) in [4.78, 5) is 32.1. The van der Waals surface area contributed by atoms with Crippen molar-refractivity contribution in [1.29, 1.82) is 0 Å². The number of nitrogens with one attached hydrogen (secondary N) is 2. The van der Waals surface area contributed by atoms with Gasteiger partial charge in [-0.2, -0.15) is 0 Å². The van der Waals surface area contributed by atoms with E-state index in [1.807, 2.05) is 18.2 Å². The van der Waals surface area contributed by atoms with Crippen LogP contribution in [0.1, 0.15) is 5.76 Å². The fourth-order valence-electron chi connectivity index (χ4n) is 2.61. The second-order valence-corrected chi connectivity index (χ2v) is 5.68. The first-order chi connectivity index (χ1) is 12.2. The van der Waals surface area contributed by atoms with Gasteiger partial charge in [0.25, 0.3) is 0 Å². The molecule has 2 aromatic heterocycles. The number of hydrogen-bond acceptors (Lipinski definition) is 5. The third-order valence-electron chi connectivity index (χ3n) is 3.98. The molecule has 0 saturated carbocycles. The molecule has 0 spiro atoms. The Labute approximate surface area is 145 Å². The molecule has 0 aliphatic carbocycles. The monoisotopic (exact) mass is 343 g/mol. The Morgan fingerprint density at radius 2 is 1.92 bits per heavy atom. The Balaban J connectivity index is 1.37. The molecule has 0 atom stereocenters. The fraction of sp³-hybridized carbons (Fsp3) is 0.353. The van der Waals surface area contributed by atoms with Crippen molar-refractivity contribution in [3.8, 4) is 0 Å². The van der Waals surface area contributed by atoms with Gasteiger partial charge in [-0.1, -0.05) is 6.07 Å². The summed E-state index contributed by atoms with van der Waals surface area (Å²) in [5.74, 6) is 1.34. The lowest BCUT2D eigenvalue weighted by atomic mass is 10.3. The number of pyridine rings is 1. The third-order valence-corrected chi connectivity index (χ3v) is 3.98. The zero-order chi connectivity index (χ0) is 17.5. The second kappa shape index (κ2) is 8.18. The maximum Gasteiger partial charge on any atom is 0.317 e. The van der Waals surface area contributed by atoms with Gasteiger partial charge in [0.05, 0.1) is 19.4 Å². The molecular weight excluding hydrogens is 322 g/mol. The molecule has 3 heterocycles. The SMILES string of the molecule is O=C(CNC(=O)N1CCN(c2ccccn2)CC1)NCc1ccco1. The highest BCUT2D eigenvalue weighted by atomic mass is 16.3. The highest BCUT2D eigenvalue weighted by Gasteiger charge is 2.21. The van der Waals surface area contributed by atoms with E-state index < -0.39 is 0 Å². The first kappa shape index (κ1) is 16.8. The van der Waals surface area contributed by atoms with E-state index in [1.54, 1.807) is 29.5 Å². The number of anilines is 1. The normalized spacial score (nSPS) is 14.2. The van der Waals surface area contributed by atoms with Crippen LogP contribution in [0.25, 0.3) is 0 Å². The quantitative estimate of drug-likeness (QED) is 0.839. The Morgan fingerprint density at radius 1 is 1.08 bits per heavy atom. The highest BCUT2D eigenvalue weighted by molar-refractivity contribution is 5.84. The molecule has 1 saturated heterocycles. The van der Waals surface area contributed by atoms with Crippen LogP contribution in [0.2, 0.25) is 0 Å². The molecule has 8 nitrogen and oxygen atoms in total. The van der Waals surface area contributed by atoms with E-state index in [0.717, 1.165) is 18.9 Å². The van der Waals surface area contributed by atoms with Crippen LogP contribution < -0.4 is 15.5 Å². The number of hydrogen-bond donors (Lipinski definition) is 2. The molecule has 3 amide bonds. The average molecular weight is 343 g/mol. The van der Waals surface area contributed by atoms with Crippen molar-refractivity contribution in [3.05, 3.63) is 48.6 Å². The Morgan fingerprint density at radius 3 is 2.60 bits per heavy atom. The van der Waals surface area contributed by atoms with Gasteiger partial charge in [-0.3, -0.25) is 4.79 Å². The zero-order valence-electron chi connectivity index (χ0n) is 13.9. The van der Waals surface area contributed by atoms with Gasteiger partial charge in [0.15, 0.2) is 0 Å². The smallest absolute Gasteiger partial charge is 0.317 e. The summed E-state index contributed by atoms with van der Waals surface area (Å²) in [5, 5.41) is 5.34. The minimum atomic E-state index is -0.253. The van der Waals surface area contributed by atoms with Crippen LogP contribution in [0.5, 0.6) is 0 Å². The van der Waals surface area contributed by atoms with Crippen LogP contribution in [0.15, 0.2) is 47.2 Å². The standard InChI is InChI=1S/C17H21N5O3/c23-16(19-12-14-4-3-11-25-14)13-20-17(24)22-9-7-21(8-10-22)15-5-1-2-6-18-15/h1-6,11H,7-10,12-13H2,(H,19,23)(H,20,24). The molecule has 3 rings (SSSR count). The number of furan rings is 1. The van der Waals surface area contributed by atoms with Crippen molar-refractivity contribution in [2.75, 3.05) is 37.6 Å². The number of aromatic nitrogens is 1. The largest absolute Gasteiger partial charge is 0.467 e. The maximum absolute atomic E-state index is 12.2. The number of nitrogens with zero attached hydrogens (tertiary/aromatic N) is 3. The number of carbonyl (C=O) groups is 2. The average Bonchev–Trinajstić information content (AvgIpc) is 3.19. The van der Waals surface area contributed by atoms with Gasteiger partial charge in [0, 0.05) is 32.4 Å². The number of amides is 3. The van der Waals surface area contributed by atoms with Crippen LogP contribution in [-0.2, 0) is 11.3 Å². The molecule has 132 valence electrons. The Kier molecular flexibility index (Phi) is 5.50. The van der Waals surface area contributed by atoms with Gasteiger partial charge in [-0.05, 0) is 24.3 Å². The van der Waals surface area contributed by atoms with E-state index in [9.17, 15) is 9.59 Å². The lowest BCUT2D eigenvalue weighted by Gasteiger charge is -2.35. The maximum atomic E-state index is 12.2. The molecule has 2 N–H and O–H groups in total. The number of piperazine rings is 1. The van der Waals surface area contributed by atoms with Crippen LogP contribution in [0.4, 0.5) is 10.6 Å².